The minimum atomic E-state index is -0.565. The highest BCUT2D eigenvalue weighted by Crippen LogP contribution is 2.36. The molecule has 0 atom stereocenters. The number of rotatable bonds is 2. The zero-order valence-corrected chi connectivity index (χ0v) is 14.6. The van der Waals surface area contributed by atoms with Crippen molar-refractivity contribution in [3.63, 3.8) is 0 Å². The predicted octanol–water partition coefficient (Wildman–Crippen LogP) is 4.52. The molecule has 124 valence electrons. The zero-order valence-electron chi connectivity index (χ0n) is 13.1. The first-order valence-corrected chi connectivity index (χ1v) is 8.24. The molecule has 2 N–H and O–H groups in total. The monoisotopic (exact) mass is 397 g/mol. The van der Waals surface area contributed by atoms with Gasteiger partial charge in [-0.3, -0.25) is 4.79 Å². The molecule has 1 amide bonds. The molecule has 0 saturated heterocycles. The van der Waals surface area contributed by atoms with E-state index in [1.807, 2.05) is 34.9 Å². The van der Waals surface area contributed by atoms with Crippen LogP contribution in [0, 0.1) is 6.92 Å². The maximum atomic E-state index is 12.4. The number of pyridine rings is 1. The van der Waals surface area contributed by atoms with Gasteiger partial charge >= 0.3 is 5.91 Å². The molecular formula is C17H12BrN5O2. The highest BCUT2D eigenvalue weighted by Gasteiger charge is 2.16. The van der Waals surface area contributed by atoms with Crippen LogP contribution in [-0.2, 0) is 0 Å². The number of halogens is 1. The number of fused-ring (bicyclic) bond motifs is 2. The summed E-state index contributed by atoms with van der Waals surface area (Å²) in [6.07, 6.45) is 1.83. The Kier molecular flexibility index (Phi) is 3.61. The number of aromatic hydroxyl groups is 1. The smallest absolute Gasteiger partial charge is 0.315 e. The Morgan fingerprint density at radius 1 is 1.32 bits per heavy atom. The lowest BCUT2D eigenvalue weighted by atomic mass is 10.2. The summed E-state index contributed by atoms with van der Waals surface area (Å²) in [6.45, 7) is 1.79. The molecule has 25 heavy (non-hydrogen) atoms. The van der Waals surface area contributed by atoms with Crippen LogP contribution in [0.3, 0.4) is 0 Å². The fourth-order valence-electron chi connectivity index (χ4n) is 2.70. The van der Waals surface area contributed by atoms with Gasteiger partial charge in [-0.2, -0.15) is 0 Å². The zero-order chi connectivity index (χ0) is 17.6. The first-order chi connectivity index (χ1) is 12.0. The van der Waals surface area contributed by atoms with Crippen LogP contribution >= 0.6 is 15.9 Å². The van der Waals surface area contributed by atoms with E-state index in [1.165, 1.54) is 0 Å². The van der Waals surface area contributed by atoms with Gasteiger partial charge < -0.3 is 14.5 Å². The average Bonchev–Trinajstić information content (AvgIpc) is 3.10. The molecule has 0 aliphatic carbocycles. The van der Waals surface area contributed by atoms with Gasteiger partial charge in [-0.05, 0) is 37.3 Å². The van der Waals surface area contributed by atoms with E-state index in [0.717, 1.165) is 4.47 Å². The largest absolute Gasteiger partial charge is 0.493 e. The van der Waals surface area contributed by atoms with Crippen molar-refractivity contribution in [1.82, 2.24) is 14.4 Å². The number of aryl methyl sites for hydroxylation is 1. The Morgan fingerprint density at radius 2 is 2.16 bits per heavy atom. The van der Waals surface area contributed by atoms with E-state index in [1.54, 1.807) is 19.1 Å². The van der Waals surface area contributed by atoms with E-state index in [2.05, 4.69) is 36.1 Å². The number of nitrogens with one attached hydrogen (secondary N) is 1. The van der Waals surface area contributed by atoms with Crippen molar-refractivity contribution in [3.05, 3.63) is 58.5 Å². The van der Waals surface area contributed by atoms with Crippen LogP contribution in [0.2, 0.25) is 0 Å². The molecule has 4 rings (SSSR count). The van der Waals surface area contributed by atoms with Crippen LogP contribution in [0.5, 0.6) is 5.88 Å². The van der Waals surface area contributed by atoms with Crippen LogP contribution in [0.25, 0.3) is 16.6 Å². The van der Waals surface area contributed by atoms with Crippen LogP contribution in [0.1, 0.15) is 16.2 Å². The van der Waals surface area contributed by atoms with Crippen molar-refractivity contribution in [1.29, 1.82) is 0 Å². The topological polar surface area (TPSA) is 95.1 Å². The van der Waals surface area contributed by atoms with Gasteiger partial charge in [-0.1, -0.05) is 22.0 Å². The van der Waals surface area contributed by atoms with Crippen LogP contribution in [-0.4, -0.2) is 25.4 Å². The Balaban J connectivity index is 1.74. The second kappa shape index (κ2) is 5.82. The summed E-state index contributed by atoms with van der Waals surface area (Å²) in [7, 11) is 0. The van der Waals surface area contributed by atoms with Gasteiger partial charge in [0.2, 0.25) is 5.88 Å². The molecular weight excluding hydrogens is 386 g/mol. The summed E-state index contributed by atoms with van der Waals surface area (Å²) >= 11 is 3.37. The SMILES string of the molecule is Cc1c(C(=O)N=Nc2c(O)[nH]c3ccc(Br)cc23)nc2ccccn12. The summed E-state index contributed by atoms with van der Waals surface area (Å²) in [5, 5.41) is 18.4. The fraction of sp³-hybridized carbons (Fsp3) is 0.0588. The normalized spacial score (nSPS) is 11.8. The van der Waals surface area contributed by atoms with Gasteiger partial charge in [-0.15, -0.1) is 10.2 Å². The van der Waals surface area contributed by atoms with Gasteiger partial charge in [0.05, 0.1) is 11.2 Å². The second-order valence-corrected chi connectivity index (χ2v) is 6.41. The van der Waals surface area contributed by atoms with E-state index in [-0.39, 0.29) is 17.3 Å². The summed E-state index contributed by atoms with van der Waals surface area (Å²) in [6, 6.07) is 10.9. The molecule has 0 aliphatic rings. The van der Waals surface area contributed by atoms with E-state index >= 15 is 0 Å². The third kappa shape index (κ3) is 2.60. The third-order valence-electron chi connectivity index (χ3n) is 3.93. The number of hydrogen-bond donors (Lipinski definition) is 2. The van der Waals surface area contributed by atoms with Gasteiger partial charge in [-0.25, -0.2) is 4.98 Å². The summed E-state index contributed by atoms with van der Waals surface area (Å²) in [5.74, 6) is -0.707. The van der Waals surface area contributed by atoms with Crippen LogP contribution in [0.4, 0.5) is 5.69 Å². The number of hydrogen-bond acceptors (Lipinski definition) is 4. The number of carbonyl (C=O) groups is 1. The number of aromatic amines is 1. The molecule has 0 fully saturated rings. The second-order valence-electron chi connectivity index (χ2n) is 5.49. The van der Waals surface area contributed by atoms with Gasteiger partial charge in [0.1, 0.15) is 5.65 Å². The number of benzene rings is 1. The minimum absolute atomic E-state index is 0.142. The van der Waals surface area contributed by atoms with Crippen molar-refractivity contribution in [2.24, 2.45) is 10.2 Å². The van der Waals surface area contributed by atoms with Crippen molar-refractivity contribution in [2.75, 3.05) is 0 Å². The predicted molar refractivity (Wildman–Crippen MR) is 96.4 cm³/mol. The molecule has 0 bridgehead atoms. The molecule has 0 aliphatic heterocycles. The van der Waals surface area contributed by atoms with E-state index < -0.39 is 5.91 Å². The number of H-pyrrole nitrogens is 1. The molecule has 3 aromatic heterocycles. The lowest BCUT2D eigenvalue weighted by Gasteiger charge is -1.95. The van der Waals surface area contributed by atoms with Crippen molar-refractivity contribution < 1.29 is 9.90 Å². The molecule has 1 aromatic carbocycles. The number of aromatic nitrogens is 3. The van der Waals surface area contributed by atoms with Crippen LogP contribution in [0.15, 0.2) is 57.3 Å². The first-order valence-electron chi connectivity index (χ1n) is 7.44. The number of carbonyl (C=O) groups excluding carboxylic acids is 1. The minimum Gasteiger partial charge on any atom is -0.493 e. The van der Waals surface area contributed by atoms with Crippen molar-refractivity contribution >= 4 is 44.1 Å². The lowest BCUT2D eigenvalue weighted by Crippen LogP contribution is -1.97. The number of imidazole rings is 1. The molecule has 3 heterocycles. The highest BCUT2D eigenvalue weighted by molar-refractivity contribution is 9.10. The summed E-state index contributed by atoms with van der Waals surface area (Å²) in [4.78, 5) is 19.5. The first kappa shape index (κ1) is 15.5. The Morgan fingerprint density at radius 3 is 2.96 bits per heavy atom. The molecule has 8 heteroatoms. The molecule has 0 radical (unpaired) electrons. The number of nitrogens with zero attached hydrogens (tertiary/aromatic N) is 4. The van der Waals surface area contributed by atoms with Gasteiger partial charge in [0.25, 0.3) is 0 Å². The molecule has 0 unspecified atom stereocenters. The van der Waals surface area contributed by atoms with Gasteiger partial charge in [0.15, 0.2) is 11.4 Å². The summed E-state index contributed by atoms with van der Waals surface area (Å²) < 4.78 is 2.64. The molecule has 0 saturated carbocycles. The third-order valence-corrected chi connectivity index (χ3v) is 4.42. The van der Waals surface area contributed by atoms with E-state index in [9.17, 15) is 9.90 Å². The van der Waals surface area contributed by atoms with E-state index in [0.29, 0.717) is 22.2 Å². The Bertz CT molecular complexity index is 1160. The molecule has 7 nitrogen and oxygen atoms in total. The van der Waals surface area contributed by atoms with Crippen LogP contribution < -0.4 is 0 Å². The summed E-state index contributed by atoms with van der Waals surface area (Å²) in [5.41, 5.74) is 2.50. The maximum Gasteiger partial charge on any atom is 0.315 e. The Labute approximate surface area is 150 Å². The molecule has 0 spiro atoms. The van der Waals surface area contributed by atoms with Crippen molar-refractivity contribution in [3.8, 4) is 5.88 Å². The van der Waals surface area contributed by atoms with Gasteiger partial charge in [0, 0.05) is 16.1 Å². The van der Waals surface area contributed by atoms with E-state index in [4.69, 9.17) is 0 Å². The Hall–Kier alpha value is -3.00. The quantitative estimate of drug-likeness (QED) is 0.486. The maximum absolute atomic E-state index is 12.4. The lowest BCUT2D eigenvalue weighted by molar-refractivity contribution is 0.0990. The molecule has 4 aromatic rings. The average molecular weight is 398 g/mol. The fourth-order valence-corrected chi connectivity index (χ4v) is 3.06. The number of azo groups is 1. The highest BCUT2D eigenvalue weighted by atomic mass is 79.9. The van der Waals surface area contributed by atoms with Crippen molar-refractivity contribution in [2.45, 2.75) is 6.92 Å². The number of amides is 1. The standard InChI is InChI=1S/C17H12BrN5O2/c1-9-14(20-13-4-2-3-7-23(9)13)17(25)22-21-15-11-8-10(18)5-6-12(11)19-16(15)24/h2-8,19,24H,1H3.